The maximum absolute atomic E-state index is 3.94. The van der Waals surface area contributed by atoms with Gasteiger partial charge in [-0.3, -0.25) is 4.90 Å². The van der Waals surface area contributed by atoms with Gasteiger partial charge in [0, 0.05) is 30.7 Å². The van der Waals surface area contributed by atoms with Gasteiger partial charge in [-0.15, -0.1) is 0 Å². The van der Waals surface area contributed by atoms with E-state index in [0.717, 1.165) is 18.0 Å². The third kappa shape index (κ3) is 3.72. The van der Waals surface area contributed by atoms with E-state index in [4.69, 9.17) is 0 Å². The Morgan fingerprint density at radius 1 is 1.21 bits per heavy atom. The Kier molecular flexibility index (Phi) is 5.30. The van der Waals surface area contributed by atoms with Gasteiger partial charge in [0.2, 0.25) is 0 Å². The van der Waals surface area contributed by atoms with E-state index >= 15 is 0 Å². The van der Waals surface area contributed by atoms with E-state index in [1.807, 2.05) is 0 Å². The van der Waals surface area contributed by atoms with Gasteiger partial charge in [0.05, 0.1) is 0 Å². The van der Waals surface area contributed by atoms with Crippen LogP contribution in [0.2, 0.25) is 0 Å². The van der Waals surface area contributed by atoms with Crippen molar-refractivity contribution in [2.75, 3.05) is 13.1 Å². The number of nitrogens with zero attached hydrogens (tertiary/aromatic N) is 1. The Bertz CT molecular complexity index is 268. The van der Waals surface area contributed by atoms with Gasteiger partial charge in [-0.2, -0.15) is 0 Å². The second-order valence-electron chi connectivity index (χ2n) is 7.46. The van der Waals surface area contributed by atoms with Crippen LogP contribution in [0.4, 0.5) is 0 Å². The third-order valence-corrected chi connectivity index (χ3v) is 5.24. The second kappa shape index (κ2) is 6.58. The first kappa shape index (κ1) is 15.3. The van der Waals surface area contributed by atoms with E-state index in [2.05, 4.69) is 37.9 Å². The molecule has 0 amide bonds. The average molecular weight is 266 g/mol. The van der Waals surface area contributed by atoms with Gasteiger partial charge in [0.25, 0.3) is 0 Å². The number of hydrogen-bond acceptors (Lipinski definition) is 2. The number of nitrogens with one attached hydrogen (secondary N) is 1. The van der Waals surface area contributed by atoms with Crippen molar-refractivity contribution in [1.29, 1.82) is 0 Å². The molecule has 1 N–H and O–H groups in total. The lowest BCUT2D eigenvalue weighted by Gasteiger charge is -2.49. The van der Waals surface area contributed by atoms with Crippen molar-refractivity contribution in [2.45, 2.75) is 90.3 Å². The molecule has 2 fully saturated rings. The fraction of sp³-hybridized carbons (Fsp3) is 1.00. The van der Waals surface area contributed by atoms with Crippen molar-refractivity contribution in [3.63, 3.8) is 0 Å². The highest BCUT2D eigenvalue weighted by Crippen LogP contribution is 2.35. The van der Waals surface area contributed by atoms with Crippen LogP contribution in [0, 0.1) is 5.92 Å². The molecule has 2 unspecified atom stereocenters. The first-order chi connectivity index (χ1) is 9.06. The van der Waals surface area contributed by atoms with Gasteiger partial charge in [-0.25, -0.2) is 0 Å². The first-order valence-electron chi connectivity index (χ1n) is 8.57. The van der Waals surface area contributed by atoms with Gasteiger partial charge in [-0.1, -0.05) is 40.0 Å². The molecule has 19 heavy (non-hydrogen) atoms. The Hall–Kier alpha value is -0.0800. The molecule has 112 valence electrons. The zero-order valence-corrected chi connectivity index (χ0v) is 13.5. The monoisotopic (exact) mass is 266 g/mol. The minimum atomic E-state index is 0.468. The lowest BCUT2D eigenvalue weighted by molar-refractivity contribution is 0.0359. The zero-order valence-electron chi connectivity index (χ0n) is 13.5. The molecular weight excluding hydrogens is 232 g/mol. The Morgan fingerprint density at radius 2 is 1.89 bits per heavy atom. The molecule has 0 radical (unpaired) electrons. The van der Waals surface area contributed by atoms with E-state index in [1.165, 1.54) is 58.0 Å². The van der Waals surface area contributed by atoms with Crippen molar-refractivity contribution in [2.24, 2.45) is 5.92 Å². The van der Waals surface area contributed by atoms with Crippen molar-refractivity contribution in [3.05, 3.63) is 0 Å². The molecule has 1 spiro atoms. The molecule has 1 heterocycles. The molecule has 0 aromatic heterocycles. The maximum Gasteiger partial charge on any atom is 0.0309 e. The number of rotatable bonds is 5. The lowest BCUT2D eigenvalue weighted by atomic mass is 9.88. The summed E-state index contributed by atoms with van der Waals surface area (Å²) >= 11 is 0. The summed E-state index contributed by atoms with van der Waals surface area (Å²) in [5, 5.41) is 3.94. The molecule has 0 aromatic rings. The van der Waals surface area contributed by atoms with Crippen LogP contribution in [-0.2, 0) is 0 Å². The van der Waals surface area contributed by atoms with E-state index in [-0.39, 0.29) is 0 Å². The Labute approximate surface area is 120 Å². The third-order valence-electron chi connectivity index (χ3n) is 5.24. The molecule has 2 aliphatic rings. The first-order valence-corrected chi connectivity index (χ1v) is 8.57. The summed E-state index contributed by atoms with van der Waals surface area (Å²) in [6.45, 7) is 12.0. The van der Waals surface area contributed by atoms with Gasteiger partial charge < -0.3 is 5.32 Å². The SMILES string of the molecule is CCCC(C)N1CC2(CCCC2)NCC1CC(C)C. The van der Waals surface area contributed by atoms with E-state index in [9.17, 15) is 0 Å². The summed E-state index contributed by atoms with van der Waals surface area (Å²) < 4.78 is 0. The molecule has 2 nitrogen and oxygen atoms in total. The van der Waals surface area contributed by atoms with Gasteiger partial charge >= 0.3 is 0 Å². The second-order valence-corrected chi connectivity index (χ2v) is 7.46. The number of piperazine rings is 1. The van der Waals surface area contributed by atoms with Gasteiger partial charge in [-0.05, 0) is 38.5 Å². The molecule has 0 bridgehead atoms. The van der Waals surface area contributed by atoms with Crippen molar-refractivity contribution < 1.29 is 0 Å². The number of hydrogen-bond donors (Lipinski definition) is 1. The van der Waals surface area contributed by atoms with Crippen LogP contribution >= 0.6 is 0 Å². The summed E-state index contributed by atoms with van der Waals surface area (Å²) in [5.41, 5.74) is 0.468. The molecule has 1 aliphatic heterocycles. The smallest absolute Gasteiger partial charge is 0.0309 e. The summed E-state index contributed by atoms with van der Waals surface area (Å²) in [5.74, 6) is 0.806. The van der Waals surface area contributed by atoms with Crippen LogP contribution in [0.3, 0.4) is 0 Å². The molecule has 2 atom stereocenters. The van der Waals surface area contributed by atoms with Gasteiger partial charge in [0.1, 0.15) is 0 Å². The predicted molar refractivity (Wildman–Crippen MR) is 83.5 cm³/mol. The van der Waals surface area contributed by atoms with Crippen LogP contribution in [-0.4, -0.2) is 35.6 Å². The van der Waals surface area contributed by atoms with Crippen molar-refractivity contribution >= 4 is 0 Å². The molecule has 2 rings (SSSR count). The highest BCUT2D eigenvalue weighted by Gasteiger charge is 2.42. The lowest BCUT2D eigenvalue weighted by Crippen LogP contribution is -2.65. The highest BCUT2D eigenvalue weighted by molar-refractivity contribution is 5.02. The Morgan fingerprint density at radius 3 is 2.47 bits per heavy atom. The summed E-state index contributed by atoms with van der Waals surface area (Å²) in [4.78, 5) is 2.85. The van der Waals surface area contributed by atoms with Crippen molar-refractivity contribution in [1.82, 2.24) is 10.2 Å². The Balaban J connectivity index is 2.04. The summed E-state index contributed by atoms with van der Waals surface area (Å²) in [7, 11) is 0. The molecular formula is C17H34N2. The van der Waals surface area contributed by atoms with E-state index in [0.29, 0.717) is 5.54 Å². The average Bonchev–Trinajstić information content (AvgIpc) is 2.80. The van der Waals surface area contributed by atoms with Gasteiger partial charge in [0.15, 0.2) is 0 Å². The van der Waals surface area contributed by atoms with E-state index in [1.54, 1.807) is 0 Å². The van der Waals surface area contributed by atoms with Crippen LogP contribution in [0.1, 0.15) is 72.6 Å². The van der Waals surface area contributed by atoms with Crippen LogP contribution in [0.5, 0.6) is 0 Å². The topological polar surface area (TPSA) is 15.3 Å². The van der Waals surface area contributed by atoms with E-state index < -0.39 is 0 Å². The minimum Gasteiger partial charge on any atom is -0.308 e. The zero-order chi connectivity index (χ0) is 13.9. The summed E-state index contributed by atoms with van der Waals surface area (Å²) in [6.07, 6.45) is 9.66. The minimum absolute atomic E-state index is 0.468. The summed E-state index contributed by atoms with van der Waals surface area (Å²) in [6, 6.07) is 1.51. The molecule has 2 heteroatoms. The maximum atomic E-state index is 3.94. The fourth-order valence-corrected chi connectivity index (χ4v) is 4.23. The largest absolute Gasteiger partial charge is 0.308 e. The normalized spacial score (nSPS) is 29.2. The van der Waals surface area contributed by atoms with Crippen molar-refractivity contribution in [3.8, 4) is 0 Å². The predicted octanol–water partition coefficient (Wildman–Crippen LogP) is 3.81. The molecule has 1 saturated carbocycles. The van der Waals surface area contributed by atoms with Crippen LogP contribution in [0.25, 0.3) is 0 Å². The molecule has 1 saturated heterocycles. The van der Waals surface area contributed by atoms with Crippen LogP contribution in [0.15, 0.2) is 0 Å². The fourth-order valence-electron chi connectivity index (χ4n) is 4.23. The standard InChI is InChI=1S/C17H34N2/c1-5-8-15(4)19-13-17(9-6-7-10-17)18-12-16(19)11-14(2)3/h14-16,18H,5-13H2,1-4H3. The van der Waals surface area contributed by atoms with Crippen LogP contribution < -0.4 is 5.32 Å². The molecule has 0 aromatic carbocycles. The quantitative estimate of drug-likeness (QED) is 0.814. The molecule has 1 aliphatic carbocycles. The highest BCUT2D eigenvalue weighted by atomic mass is 15.3.